The molecule has 1 amide bonds. The molecule has 2 aromatic heterocycles. The molecule has 4 rings (SSSR count). The van der Waals surface area contributed by atoms with E-state index in [4.69, 9.17) is 4.74 Å². The van der Waals surface area contributed by atoms with Crippen LogP contribution in [0.1, 0.15) is 55.9 Å². The number of amides is 1. The molecule has 2 N–H and O–H groups in total. The first-order valence-electron chi connectivity index (χ1n) is 10.1. The molecule has 1 aliphatic carbocycles. The van der Waals surface area contributed by atoms with Crippen molar-refractivity contribution in [2.45, 2.75) is 57.6 Å². The number of piperidine rings is 1. The number of ether oxygens (including phenoxy) is 1. The summed E-state index contributed by atoms with van der Waals surface area (Å²) in [5.41, 5.74) is 1.13. The minimum atomic E-state index is -0.121. The molecule has 1 saturated carbocycles. The molecule has 0 spiro atoms. The van der Waals surface area contributed by atoms with Crippen LogP contribution in [0.4, 0.5) is 0 Å². The van der Waals surface area contributed by atoms with Crippen LogP contribution in [0.5, 0.6) is 5.88 Å². The van der Waals surface area contributed by atoms with Crippen LogP contribution >= 0.6 is 0 Å². The third kappa shape index (κ3) is 4.08. The third-order valence-corrected chi connectivity index (χ3v) is 5.80. The van der Waals surface area contributed by atoms with Gasteiger partial charge in [-0.2, -0.15) is 10.1 Å². The summed E-state index contributed by atoms with van der Waals surface area (Å²) in [6.07, 6.45) is 6.72. The van der Waals surface area contributed by atoms with Crippen LogP contribution in [0.15, 0.2) is 12.1 Å². The Kier molecular flexibility index (Phi) is 5.29. The van der Waals surface area contributed by atoms with Crippen LogP contribution in [0.25, 0.3) is 11.0 Å². The predicted octanol–water partition coefficient (Wildman–Crippen LogP) is 2.41. The molecule has 146 valence electrons. The van der Waals surface area contributed by atoms with Crippen LogP contribution in [-0.2, 0) is 7.05 Å². The van der Waals surface area contributed by atoms with Crippen molar-refractivity contribution < 1.29 is 9.53 Å². The molecule has 27 heavy (non-hydrogen) atoms. The molecule has 0 bridgehead atoms. The third-order valence-electron chi connectivity index (χ3n) is 5.80. The lowest BCUT2D eigenvalue weighted by Gasteiger charge is -2.26. The van der Waals surface area contributed by atoms with E-state index in [9.17, 15) is 4.79 Å². The van der Waals surface area contributed by atoms with E-state index < -0.39 is 0 Å². The number of carbonyl (C=O) groups excluding carboxylic acids is 1. The Balaban J connectivity index is 1.49. The van der Waals surface area contributed by atoms with Gasteiger partial charge < -0.3 is 15.4 Å². The van der Waals surface area contributed by atoms with Crippen LogP contribution in [-0.4, -0.2) is 45.9 Å². The number of fused-ring (bicyclic) bond motifs is 1. The molecule has 2 aromatic rings. The van der Waals surface area contributed by atoms with E-state index in [0.717, 1.165) is 50.1 Å². The minimum absolute atomic E-state index is 0.121. The lowest BCUT2D eigenvalue weighted by Crippen LogP contribution is -2.42. The monoisotopic (exact) mass is 371 g/mol. The van der Waals surface area contributed by atoms with Gasteiger partial charge in [0.15, 0.2) is 11.3 Å². The van der Waals surface area contributed by atoms with E-state index in [1.807, 2.05) is 19.2 Å². The van der Waals surface area contributed by atoms with Gasteiger partial charge in [-0.25, -0.2) is 4.68 Å². The summed E-state index contributed by atoms with van der Waals surface area (Å²) in [5.74, 6) is 1.29. The second kappa shape index (κ2) is 7.84. The topological polar surface area (TPSA) is 81.1 Å². The summed E-state index contributed by atoms with van der Waals surface area (Å²) in [6, 6.07) is 3.98. The Labute approximate surface area is 159 Å². The van der Waals surface area contributed by atoms with Crippen molar-refractivity contribution in [3.05, 3.63) is 17.8 Å². The van der Waals surface area contributed by atoms with Gasteiger partial charge in [-0.05, 0) is 63.6 Å². The molecule has 7 heteroatoms. The Morgan fingerprint density at radius 1 is 1.19 bits per heavy atom. The van der Waals surface area contributed by atoms with Gasteiger partial charge in [-0.3, -0.25) is 4.79 Å². The van der Waals surface area contributed by atoms with E-state index >= 15 is 0 Å². The highest BCUT2D eigenvalue weighted by atomic mass is 16.5. The molecule has 1 aliphatic heterocycles. The Bertz CT molecular complexity index is 804. The zero-order chi connectivity index (χ0) is 18.8. The predicted molar refractivity (Wildman–Crippen MR) is 104 cm³/mol. The van der Waals surface area contributed by atoms with Crippen LogP contribution < -0.4 is 15.4 Å². The summed E-state index contributed by atoms with van der Waals surface area (Å²) in [5, 5.41) is 11.6. The summed E-state index contributed by atoms with van der Waals surface area (Å²) in [7, 11) is 1.82. The van der Waals surface area contributed by atoms with Crippen molar-refractivity contribution in [1.29, 1.82) is 0 Å². The fourth-order valence-corrected chi connectivity index (χ4v) is 4.09. The summed E-state index contributed by atoms with van der Waals surface area (Å²) < 4.78 is 7.77. The first-order chi connectivity index (χ1) is 13.1. The van der Waals surface area contributed by atoms with Gasteiger partial charge in [-0.15, -0.1) is 0 Å². The number of hydrogen-bond acceptors (Lipinski definition) is 5. The van der Waals surface area contributed by atoms with Crippen molar-refractivity contribution in [3.63, 3.8) is 0 Å². The maximum atomic E-state index is 12.7. The Hall–Kier alpha value is -2.15. The maximum Gasteiger partial charge on any atom is 0.272 e. The molecule has 0 unspecified atom stereocenters. The molecule has 7 nitrogen and oxygen atoms in total. The van der Waals surface area contributed by atoms with Crippen LogP contribution in [0.2, 0.25) is 0 Å². The summed E-state index contributed by atoms with van der Waals surface area (Å²) >= 11 is 0. The summed E-state index contributed by atoms with van der Waals surface area (Å²) in [4.78, 5) is 17.3. The number of nitrogens with zero attached hydrogens (tertiary/aromatic N) is 3. The number of rotatable bonds is 4. The van der Waals surface area contributed by atoms with Gasteiger partial charge in [-0.1, -0.05) is 6.92 Å². The number of aromatic nitrogens is 3. The number of pyridine rings is 1. The molecule has 0 atom stereocenters. The lowest BCUT2D eigenvalue weighted by molar-refractivity contribution is 0.0925. The lowest BCUT2D eigenvalue weighted by atomic mass is 9.89. The Morgan fingerprint density at radius 3 is 2.67 bits per heavy atom. The highest BCUT2D eigenvalue weighted by Crippen LogP contribution is 2.27. The second-order valence-corrected chi connectivity index (χ2v) is 7.99. The van der Waals surface area contributed by atoms with Gasteiger partial charge in [0.2, 0.25) is 5.88 Å². The second-order valence-electron chi connectivity index (χ2n) is 7.99. The quantitative estimate of drug-likeness (QED) is 0.863. The maximum absolute atomic E-state index is 12.7. The van der Waals surface area contributed by atoms with Crippen molar-refractivity contribution in [1.82, 2.24) is 25.4 Å². The van der Waals surface area contributed by atoms with Crippen LogP contribution in [0.3, 0.4) is 0 Å². The van der Waals surface area contributed by atoms with Gasteiger partial charge in [0.1, 0.15) is 6.10 Å². The fourth-order valence-electron chi connectivity index (χ4n) is 4.09. The zero-order valence-electron chi connectivity index (χ0n) is 16.2. The largest absolute Gasteiger partial charge is 0.474 e. The van der Waals surface area contributed by atoms with Crippen LogP contribution in [0, 0.1) is 5.92 Å². The normalized spacial score (nSPS) is 24.1. The van der Waals surface area contributed by atoms with E-state index in [1.165, 1.54) is 12.8 Å². The number of nitrogens with one attached hydrogen (secondary N) is 2. The molecule has 3 heterocycles. The highest BCUT2D eigenvalue weighted by molar-refractivity contribution is 6.04. The van der Waals surface area contributed by atoms with Gasteiger partial charge in [0.05, 0.1) is 5.39 Å². The molecule has 1 saturated heterocycles. The smallest absolute Gasteiger partial charge is 0.272 e. The molecular weight excluding hydrogens is 342 g/mol. The average molecular weight is 371 g/mol. The number of hydrogen-bond donors (Lipinski definition) is 2. The number of carbonyl (C=O) groups is 1. The van der Waals surface area contributed by atoms with Crippen molar-refractivity contribution >= 4 is 16.9 Å². The standard InChI is InChI=1S/C20H29N5O2/c1-13-3-5-15(6-4-13)27-17-8-7-16-18(24-25(2)19(16)23-17)20(26)22-14-9-11-21-12-10-14/h7-8,13-15,21H,3-6,9-12H2,1-2H3,(H,22,26). The average Bonchev–Trinajstić information content (AvgIpc) is 3.01. The number of aryl methyl sites for hydroxylation is 1. The molecule has 2 aliphatic rings. The highest BCUT2D eigenvalue weighted by Gasteiger charge is 2.23. The fraction of sp³-hybridized carbons (Fsp3) is 0.650. The van der Waals surface area contributed by atoms with E-state index in [0.29, 0.717) is 17.2 Å². The SMILES string of the molecule is CC1CCC(Oc2ccc3c(C(=O)NC4CCNCC4)nn(C)c3n2)CC1. The molecule has 0 radical (unpaired) electrons. The van der Waals surface area contributed by atoms with E-state index in [1.54, 1.807) is 4.68 Å². The molecular formula is C20H29N5O2. The van der Waals surface area contributed by atoms with Gasteiger partial charge >= 0.3 is 0 Å². The minimum Gasteiger partial charge on any atom is -0.474 e. The van der Waals surface area contributed by atoms with Gasteiger partial charge in [0.25, 0.3) is 5.91 Å². The molecule has 2 fully saturated rings. The van der Waals surface area contributed by atoms with Crippen molar-refractivity contribution in [2.24, 2.45) is 13.0 Å². The van der Waals surface area contributed by atoms with Gasteiger partial charge in [0, 0.05) is 19.2 Å². The first kappa shape index (κ1) is 18.2. The van der Waals surface area contributed by atoms with E-state index in [-0.39, 0.29) is 18.1 Å². The first-order valence-corrected chi connectivity index (χ1v) is 10.1. The van der Waals surface area contributed by atoms with E-state index in [2.05, 4.69) is 27.6 Å². The molecule has 0 aromatic carbocycles. The van der Waals surface area contributed by atoms with Crippen molar-refractivity contribution in [3.8, 4) is 5.88 Å². The Morgan fingerprint density at radius 2 is 1.93 bits per heavy atom. The zero-order valence-corrected chi connectivity index (χ0v) is 16.2. The van der Waals surface area contributed by atoms with Crippen molar-refractivity contribution in [2.75, 3.05) is 13.1 Å². The summed E-state index contributed by atoms with van der Waals surface area (Å²) in [6.45, 7) is 4.18.